The fraction of sp³-hybridized carbons (Fsp3) is 0.429. The molecule has 0 spiro atoms. The summed E-state index contributed by atoms with van der Waals surface area (Å²) < 4.78 is 8.96. The van der Waals surface area contributed by atoms with Crippen molar-refractivity contribution < 1.29 is 9.53 Å². The Hall–Kier alpha value is -3.07. The molecule has 0 fully saturated rings. The van der Waals surface area contributed by atoms with Crippen LogP contribution in [0.25, 0.3) is 11.2 Å². The lowest BCUT2D eigenvalue weighted by Gasteiger charge is -2.33. The molecule has 1 aromatic carbocycles. The van der Waals surface area contributed by atoms with Crippen molar-refractivity contribution in [2.45, 2.75) is 33.9 Å². The molecule has 4 rings (SSSR count). The van der Waals surface area contributed by atoms with Crippen molar-refractivity contribution in [2.24, 2.45) is 13.0 Å². The van der Waals surface area contributed by atoms with Gasteiger partial charge in [0.05, 0.1) is 6.61 Å². The molecule has 0 radical (unpaired) electrons. The quantitative estimate of drug-likeness (QED) is 0.572. The molecule has 9 nitrogen and oxygen atoms in total. The maximum absolute atomic E-state index is 13.3. The first-order valence-corrected chi connectivity index (χ1v) is 10.5. The Balaban J connectivity index is 1.96. The normalized spacial score (nSPS) is 15.9. The summed E-state index contributed by atoms with van der Waals surface area (Å²) in [5.74, 6) is 0.141. The van der Waals surface area contributed by atoms with Gasteiger partial charge >= 0.3 is 11.7 Å². The number of aryl methyl sites for hydroxylation is 2. The third-order valence-corrected chi connectivity index (χ3v) is 5.73. The van der Waals surface area contributed by atoms with Crippen LogP contribution in [0.4, 0.5) is 11.6 Å². The summed E-state index contributed by atoms with van der Waals surface area (Å²) in [6.07, 6.45) is 0. The molecular weight excluding hydrogens is 422 g/mol. The number of rotatable bonds is 4. The van der Waals surface area contributed by atoms with E-state index in [0.29, 0.717) is 24.1 Å². The highest BCUT2D eigenvalue weighted by Gasteiger charge is 2.30. The molecule has 0 unspecified atom stereocenters. The summed E-state index contributed by atoms with van der Waals surface area (Å²) in [4.78, 5) is 44.8. The molecule has 0 N–H and O–H groups in total. The number of imidazole rings is 1. The lowest BCUT2D eigenvalue weighted by Crippen LogP contribution is -2.42. The molecule has 164 valence electrons. The number of carbonyl (C=O) groups is 1. The number of anilines is 2. The summed E-state index contributed by atoms with van der Waals surface area (Å²) >= 11 is 6.25. The average Bonchev–Trinajstić information content (AvgIpc) is 3.10. The Morgan fingerprint density at radius 2 is 2.03 bits per heavy atom. The molecule has 1 atom stereocenters. The van der Waals surface area contributed by atoms with Gasteiger partial charge in [-0.2, -0.15) is 4.98 Å². The van der Waals surface area contributed by atoms with Crippen LogP contribution in [0.5, 0.6) is 0 Å². The number of ether oxygens (including phenoxy) is 1. The Morgan fingerprint density at radius 1 is 1.29 bits per heavy atom. The molecule has 0 saturated carbocycles. The third-order valence-electron chi connectivity index (χ3n) is 5.50. The third kappa shape index (κ3) is 3.52. The van der Waals surface area contributed by atoms with Gasteiger partial charge in [0.25, 0.3) is 5.56 Å². The number of benzene rings is 1. The van der Waals surface area contributed by atoms with E-state index in [1.165, 1.54) is 4.57 Å². The molecule has 3 aromatic rings. The highest BCUT2D eigenvalue weighted by atomic mass is 35.5. The van der Waals surface area contributed by atoms with E-state index in [-0.39, 0.29) is 23.7 Å². The minimum Gasteiger partial charge on any atom is -0.465 e. The van der Waals surface area contributed by atoms with Crippen molar-refractivity contribution in [3.8, 4) is 0 Å². The van der Waals surface area contributed by atoms with E-state index >= 15 is 0 Å². The van der Waals surface area contributed by atoms with Gasteiger partial charge in [0.1, 0.15) is 6.54 Å². The van der Waals surface area contributed by atoms with Gasteiger partial charge in [-0.3, -0.25) is 14.2 Å². The monoisotopic (exact) mass is 445 g/mol. The number of esters is 1. The predicted octanol–water partition coefficient (Wildman–Crippen LogP) is 2.21. The molecule has 0 bridgehead atoms. The molecule has 3 heterocycles. The highest BCUT2D eigenvalue weighted by molar-refractivity contribution is 6.30. The summed E-state index contributed by atoms with van der Waals surface area (Å²) in [6, 6.07) is 5.64. The summed E-state index contributed by atoms with van der Waals surface area (Å²) in [5, 5.41) is 0.602. The first-order chi connectivity index (χ1) is 14.7. The first-order valence-electron chi connectivity index (χ1n) is 10.1. The molecule has 0 saturated heterocycles. The van der Waals surface area contributed by atoms with E-state index in [9.17, 15) is 14.4 Å². The van der Waals surface area contributed by atoms with E-state index < -0.39 is 23.8 Å². The molecule has 0 aliphatic carbocycles. The maximum atomic E-state index is 13.3. The van der Waals surface area contributed by atoms with Crippen LogP contribution in [0, 0.1) is 12.8 Å². The van der Waals surface area contributed by atoms with Crippen molar-refractivity contribution in [3.63, 3.8) is 0 Å². The van der Waals surface area contributed by atoms with Crippen LogP contribution in [-0.4, -0.2) is 37.8 Å². The van der Waals surface area contributed by atoms with Crippen molar-refractivity contribution in [3.05, 3.63) is 49.6 Å². The van der Waals surface area contributed by atoms with Gasteiger partial charge in [-0.15, -0.1) is 0 Å². The smallest absolute Gasteiger partial charge is 0.333 e. The van der Waals surface area contributed by atoms with Gasteiger partial charge in [0.15, 0.2) is 11.2 Å². The number of hydrogen-bond donors (Lipinski definition) is 0. The number of fused-ring (bicyclic) bond motifs is 3. The SMILES string of the molecule is CCOC(=O)Cn1c(=O)c2c(nc3n2C[C@@H](C)CN3c2cc(Cl)ccc2C)n(C)c1=O. The van der Waals surface area contributed by atoms with E-state index in [1.54, 1.807) is 14.0 Å². The Kier molecular flexibility index (Phi) is 5.38. The zero-order chi connectivity index (χ0) is 22.4. The van der Waals surface area contributed by atoms with Gasteiger partial charge in [0.2, 0.25) is 5.95 Å². The van der Waals surface area contributed by atoms with Crippen LogP contribution < -0.4 is 16.1 Å². The molecule has 1 aliphatic heterocycles. The molecule has 0 amide bonds. The molecule has 10 heteroatoms. The fourth-order valence-electron chi connectivity index (χ4n) is 4.06. The molecular formula is C21H24ClN5O4. The Bertz CT molecular complexity index is 1310. The number of carbonyl (C=O) groups excluding carboxylic acids is 1. The van der Waals surface area contributed by atoms with E-state index in [4.69, 9.17) is 16.3 Å². The van der Waals surface area contributed by atoms with Gasteiger partial charge in [-0.25, -0.2) is 9.36 Å². The average molecular weight is 446 g/mol. The van der Waals surface area contributed by atoms with E-state index in [0.717, 1.165) is 15.8 Å². The van der Waals surface area contributed by atoms with Gasteiger partial charge in [-0.1, -0.05) is 24.6 Å². The van der Waals surface area contributed by atoms with Crippen LogP contribution in [-0.2, 0) is 29.7 Å². The van der Waals surface area contributed by atoms with E-state index in [2.05, 4.69) is 11.9 Å². The largest absolute Gasteiger partial charge is 0.465 e. The lowest BCUT2D eigenvalue weighted by molar-refractivity contribution is -0.143. The van der Waals surface area contributed by atoms with Crippen molar-refractivity contribution in [2.75, 3.05) is 18.1 Å². The summed E-state index contributed by atoms with van der Waals surface area (Å²) in [7, 11) is 1.54. The minimum atomic E-state index is -0.635. The molecule has 31 heavy (non-hydrogen) atoms. The zero-order valence-electron chi connectivity index (χ0n) is 17.9. The van der Waals surface area contributed by atoms with Crippen LogP contribution in [0.15, 0.2) is 27.8 Å². The van der Waals surface area contributed by atoms with Crippen LogP contribution in [0.2, 0.25) is 5.02 Å². The highest BCUT2D eigenvalue weighted by Crippen LogP contribution is 2.35. The summed E-state index contributed by atoms with van der Waals surface area (Å²) in [5.41, 5.74) is 1.32. The van der Waals surface area contributed by atoms with Gasteiger partial charge in [0, 0.05) is 30.8 Å². The molecule has 1 aliphatic rings. The van der Waals surface area contributed by atoms with Crippen molar-refractivity contribution in [1.29, 1.82) is 0 Å². The maximum Gasteiger partial charge on any atom is 0.333 e. The van der Waals surface area contributed by atoms with Crippen molar-refractivity contribution in [1.82, 2.24) is 18.7 Å². The Morgan fingerprint density at radius 3 is 2.74 bits per heavy atom. The second kappa shape index (κ2) is 7.88. The first kappa shape index (κ1) is 21.2. The van der Waals surface area contributed by atoms with Crippen LogP contribution in [0.1, 0.15) is 19.4 Å². The van der Waals surface area contributed by atoms with Crippen LogP contribution in [0.3, 0.4) is 0 Å². The topological polar surface area (TPSA) is 91.4 Å². The Labute approximate surface area is 183 Å². The summed E-state index contributed by atoms with van der Waals surface area (Å²) in [6.45, 7) is 6.72. The number of halogens is 1. The lowest BCUT2D eigenvalue weighted by atomic mass is 10.1. The molecule has 2 aromatic heterocycles. The minimum absolute atomic E-state index is 0.170. The second-order valence-electron chi connectivity index (χ2n) is 7.88. The number of hydrogen-bond acceptors (Lipinski definition) is 6. The van der Waals surface area contributed by atoms with Gasteiger partial charge < -0.3 is 14.2 Å². The van der Waals surface area contributed by atoms with Crippen molar-refractivity contribution >= 4 is 40.4 Å². The standard InChI is InChI=1S/C21H24ClN5O4/c1-5-31-16(28)11-27-19(29)17-18(24(4)21(27)30)23-20-25(9-12(2)10-26(17)20)15-8-14(22)7-6-13(15)3/h6-8,12H,5,9-11H2,1-4H3/t12-/m0/s1. The van der Waals surface area contributed by atoms with Gasteiger partial charge in [-0.05, 0) is 37.5 Å². The predicted molar refractivity (Wildman–Crippen MR) is 118 cm³/mol. The zero-order valence-corrected chi connectivity index (χ0v) is 18.6. The fourth-order valence-corrected chi connectivity index (χ4v) is 4.22. The second-order valence-corrected chi connectivity index (χ2v) is 8.32. The van der Waals surface area contributed by atoms with Crippen LogP contribution >= 0.6 is 11.6 Å². The number of aromatic nitrogens is 4. The number of nitrogens with zero attached hydrogens (tertiary/aromatic N) is 5. The van der Waals surface area contributed by atoms with E-state index in [1.807, 2.05) is 34.6 Å².